The molecule has 2 aliphatic rings. The van der Waals surface area contributed by atoms with E-state index >= 15 is 0 Å². The summed E-state index contributed by atoms with van der Waals surface area (Å²) < 4.78 is 5.40. The van der Waals surface area contributed by atoms with E-state index in [-0.39, 0.29) is 12.0 Å². The second-order valence-electron chi connectivity index (χ2n) is 5.76. The van der Waals surface area contributed by atoms with Crippen molar-refractivity contribution in [1.82, 2.24) is 5.32 Å². The van der Waals surface area contributed by atoms with E-state index < -0.39 is 0 Å². The van der Waals surface area contributed by atoms with Crippen molar-refractivity contribution < 1.29 is 9.53 Å². The van der Waals surface area contributed by atoms with Gasteiger partial charge >= 0.3 is 0 Å². The summed E-state index contributed by atoms with van der Waals surface area (Å²) in [6, 6.07) is 0. The third kappa shape index (κ3) is 3.45. The highest BCUT2D eigenvalue weighted by molar-refractivity contribution is 5.76. The van der Waals surface area contributed by atoms with Crippen LogP contribution < -0.4 is 11.1 Å². The number of nitrogens with one attached hydrogen (secondary N) is 1. The first-order chi connectivity index (χ1) is 8.72. The Labute approximate surface area is 110 Å². The van der Waals surface area contributed by atoms with Crippen LogP contribution in [0.4, 0.5) is 0 Å². The number of rotatable bonds is 7. The van der Waals surface area contributed by atoms with E-state index in [4.69, 9.17) is 10.5 Å². The van der Waals surface area contributed by atoms with E-state index in [2.05, 4.69) is 5.32 Å². The Morgan fingerprint density at radius 3 is 2.83 bits per heavy atom. The van der Waals surface area contributed by atoms with Crippen molar-refractivity contribution in [3.05, 3.63) is 0 Å². The van der Waals surface area contributed by atoms with Gasteiger partial charge in [0.05, 0.1) is 12.5 Å². The predicted molar refractivity (Wildman–Crippen MR) is 71.0 cm³/mol. The van der Waals surface area contributed by atoms with Gasteiger partial charge in [-0.3, -0.25) is 4.79 Å². The van der Waals surface area contributed by atoms with Crippen LogP contribution in [0.25, 0.3) is 0 Å². The zero-order valence-corrected chi connectivity index (χ0v) is 11.4. The Bertz CT molecular complexity index is 283. The topological polar surface area (TPSA) is 64.3 Å². The molecule has 0 radical (unpaired) electrons. The first-order valence-electron chi connectivity index (χ1n) is 7.31. The third-order valence-corrected chi connectivity index (χ3v) is 4.52. The molecule has 2 fully saturated rings. The standard InChI is InChI=1S/C14H26N2O2/c1-2-18-13(8-15)7-14(17)16-9-12-6-10-3-4-11(12)5-10/h10-13H,2-9,15H2,1H3,(H,16,17). The van der Waals surface area contributed by atoms with Crippen LogP contribution in [-0.2, 0) is 9.53 Å². The molecule has 2 saturated carbocycles. The van der Waals surface area contributed by atoms with Gasteiger partial charge in [-0.05, 0) is 43.9 Å². The van der Waals surface area contributed by atoms with E-state index in [9.17, 15) is 4.79 Å². The van der Waals surface area contributed by atoms with Crippen molar-refractivity contribution in [1.29, 1.82) is 0 Å². The molecular formula is C14H26N2O2. The van der Waals surface area contributed by atoms with Crippen LogP contribution in [0.15, 0.2) is 0 Å². The largest absolute Gasteiger partial charge is 0.377 e. The molecule has 4 unspecified atom stereocenters. The maximum atomic E-state index is 11.8. The molecule has 2 bridgehead atoms. The molecule has 4 heteroatoms. The van der Waals surface area contributed by atoms with Crippen LogP contribution in [0, 0.1) is 17.8 Å². The second-order valence-corrected chi connectivity index (χ2v) is 5.76. The zero-order chi connectivity index (χ0) is 13.0. The zero-order valence-electron chi connectivity index (χ0n) is 11.4. The van der Waals surface area contributed by atoms with Gasteiger partial charge < -0.3 is 15.8 Å². The Morgan fingerprint density at radius 2 is 2.28 bits per heavy atom. The van der Waals surface area contributed by atoms with E-state index in [0.717, 1.165) is 24.3 Å². The van der Waals surface area contributed by atoms with Crippen LogP contribution in [0.2, 0.25) is 0 Å². The lowest BCUT2D eigenvalue weighted by molar-refractivity contribution is -0.124. The third-order valence-electron chi connectivity index (χ3n) is 4.52. The molecule has 0 saturated heterocycles. The number of amides is 1. The molecule has 4 nitrogen and oxygen atoms in total. The molecular weight excluding hydrogens is 228 g/mol. The van der Waals surface area contributed by atoms with Crippen molar-refractivity contribution in [2.24, 2.45) is 23.5 Å². The van der Waals surface area contributed by atoms with Gasteiger partial charge in [-0.25, -0.2) is 0 Å². The minimum atomic E-state index is -0.130. The molecule has 4 atom stereocenters. The number of fused-ring (bicyclic) bond motifs is 2. The van der Waals surface area contributed by atoms with Crippen LogP contribution in [-0.4, -0.2) is 31.7 Å². The fourth-order valence-corrected chi connectivity index (χ4v) is 3.60. The van der Waals surface area contributed by atoms with Crippen molar-refractivity contribution in [3.63, 3.8) is 0 Å². The van der Waals surface area contributed by atoms with Crippen molar-refractivity contribution in [2.75, 3.05) is 19.7 Å². The normalized spacial score (nSPS) is 31.6. The minimum absolute atomic E-state index is 0.0849. The van der Waals surface area contributed by atoms with E-state index in [1.807, 2.05) is 6.92 Å². The van der Waals surface area contributed by atoms with Crippen molar-refractivity contribution >= 4 is 5.91 Å². The van der Waals surface area contributed by atoms with Crippen molar-refractivity contribution in [2.45, 2.75) is 45.1 Å². The highest BCUT2D eigenvalue weighted by Crippen LogP contribution is 2.47. The molecule has 3 N–H and O–H groups in total. The summed E-state index contributed by atoms with van der Waals surface area (Å²) in [5, 5.41) is 3.06. The lowest BCUT2D eigenvalue weighted by atomic mass is 9.89. The summed E-state index contributed by atoms with van der Waals surface area (Å²) in [5.41, 5.74) is 5.57. The quantitative estimate of drug-likeness (QED) is 0.719. The van der Waals surface area contributed by atoms with Gasteiger partial charge in [0.1, 0.15) is 0 Å². The monoisotopic (exact) mass is 254 g/mol. The molecule has 0 heterocycles. The lowest BCUT2D eigenvalue weighted by Gasteiger charge is -2.22. The Balaban J connectivity index is 1.65. The fourth-order valence-electron chi connectivity index (χ4n) is 3.60. The summed E-state index contributed by atoms with van der Waals surface area (Å²) >= 11 is 0. The molecule has 0 spiro atoms. The molecule has 2 rings (SSSR count). The number of hydrogen-bond acceptors (Lipinski definition) is 3. The van der Waals surface area contributed by atoms with Crippen LogP contribution in [0.5, 0.6) is 0 Å². The van der Waals surface area contributed by atoms with Gasteiger partial charge in [0.2, 0.25) is 5.91 Å². The minimum Gasteiger partial charge on any atom is -0.377 e. The lowest BCUT2D eigenvalue weighted by Crippen LogP contribution is -2.36. The fraction of sp³-hybridized carbons (Fsp3) is 0.929. The first kappa shape index (κ1) is 13.8. The van der Waals surface area contributed by atoms with Crippen LogP contribution in [0.3, 0.4) is 0 Å². The first-order valence-corrected chi connectivity index (χ1v) is 7.31. The summed E-state index contributed by atoms with van der Waals surface area (Å²) in [4.78, 5) is 11.8. The predicted octanol–water partition coefficient (Wildman–Crippen LogP) is 1.29. The molecule has 0 aromatic heterocycles. The second kappa shape index (κ2) is 6.53. The number of ether oxygens (including phenoxy) is 1. The van der Waals surface area contributed by atoms with E-state index in [0.29, 0.717) is 19.6 Å². The summed E-state index contributed by atoms with van der Waals surface area (Å²) in [7, 11) is 0. The number of carbonyl (C=O) groups excluding carboxylic acids is 1. The number of hydrogen-bond donors (Lipinski definition) is 2. The molecule has 0 aromatic rings. The maximum absolute atomic E-state index is 11.8. The Morgan fingerprint density at radius 1 is 1.44 bits per heavy atom. The van der Waals surface area contributed by atoms with Crippen LogP contribution in [0.1, 0.15) is 39.0 Å². The highest BCUT2D eigenvalue weighted by atomic mass is 16.5. The van der Waals surface area contributed by atoms with E-state index in [1.54, 1.807) is 0 Å². The summed E-state index contributed by atoms with van der Waals surface area (Å²) in [5.74, 6) is 2.61. The molecule has 0 aliphatic heterocycles. The van der Waals surface area contributed by atoms with Crippen molar-refractivity contribution in [3.8, 4) is 0 Å². The van der Waals surface area contributed by atoms with Gasteiger partial charge in [0.25, 0.3) is 0 Å². The van der Waals surface area contributed by atoms with Gasteiger partial charge in [-0.2, -0.15) is 0 Å². The molecule has 104 valence electrons. The number of carbonyl (C=O) groups is 1. The van der Waals surface area contributed by atoms with Gasteiger partial charge in [-0.15, -0.1) is 0 Å². The molecule has 0 aromatic carbocycles. The molecule has 2 aliphatic carbocycles. The molecule has 18 heavy (non-hydrogen) atoms. The highest BCUT2D eigenvalue weighted by Gasteiger charge is 2.39. The van der Waals surface area contributed by atoms with Gasteiger partial charge in [0, 0.05) is 19.7 Å². The van der Waals surface area contributed by atoms with E-state index in [1.165, 1.54) is 25.7 Å². The van der Waals surface area contributed by atoms with Crippen LogP contribution >= 0.6 is 0 Å². The molecule has 1 amide bonds. The summed E-state index contributed by atoms with van der Waals surface area (Å²) in [6.45, 7) is 3.80. The average Bonchev–Trinajstić information content (AvgIpc) is 2.98. The van der Waals surface area contributed by atoms with Gasteiger partial charge in [-0.1, -0.05) is 6.42 Å². The Kier molecular flexibility index (Phi) is 5.01. The SMILES string of the molecule is CCOC(CN)CC(=O)NCC1CC2CCC1C2. The summed E-state index contributed by atoms with van der Waals surface area (Å²) in [6.07, 6.45) is 5.76. The smallest absolute Gasteiger partial charge is 0.222 e. The maximum Gasteiger partial charge on any atom is 0.222 e. The average molecular weight is 254 g/mol. The van der Waals surface area contributed by atoms with Gasteiger partial charge in [0.15, 0.2) is 0 Å². The Hall–Kier alpha value is -0.610. The number of nitrogens with two attached hydrogens (primary N) is 1.